The topological polar surface area (TPSA) is 76.7 Å². The van der Waals surface area contributed by atoms with Crippen LogP contribution in [-0.2, 0) is 15.7 Å². The Bertz CT molecular complexity index is 767. The summed E-state index contributed by atoms with van der Waals surface area (Å²) in [4.78, 5) is 11.8. The minimum Gasteiger partial charge on any atom is -0.493 e. The molecule has 8 heteroatoms. The van der Waals surface area contributed by atoms with Gasteiger partial charge in [0.1, 0.15) is 17.2 Å². The van der Waals surface area contributed by atoms with Crippen LogP contribution in [0.2, 0.25) is 0 Å². The van der Waals surface area contributed by atoms with Gasteiger partial charge in [0.05, 0.1) is 22.3 Å². The Morgan fingerprint density at radius 2 is 1.87 bits per heavy atom. The molecule has 1 aliphatic rings. The molecule has 0 spiro atoms. The maximum atomic E-state index is 13.8. The molecule has 1 aromatic carbocycles. The van der Waals surface area contributed by atoms with Crippen molar-refractivity contribution in [3.63, 3.8) is 0 Å². The quantitative estimate of drug-likeness (QED) is 0.646. The molecule has 0 aliphatic heterocycles. The highest BCUT2D eigenvalue weighted by Crippen LogP contribution is 2.32. The summed E-state index contributed by atoms with van der Waals surface area (Å²) in [6, 6.07) is 4.13. The Kier molecular flexibility index (Phi) is 7.91. The smallest absolute Gasteiger partial charge is 0.407 e. The maximum Gasteiger partial charge on any atom is 0.407 e. The summed E-state index contributed by atoms with van der Waals surface area (Å²) < 4.78 is 40.1. The highest BCUT2D eigenvalue weighted by atomic mass is 32.2. The first-order valence-corrected chi connectivity index (χ1v) is 11.5. The first-order chi connectivity index (χ1) is 13.7. The minimum absolute atomic E-state index is 0.0796. The van der Waals surface area contributed by atoms with Crippen molar-refractivity contribution in [2.45, 2.75) is 83.7 Å². The first-order valence-electron chi connectivity index (χ1n) is 10.3. The van der Waals surface area contributed by atoms with Crippen LogP contribution in [0.3, 0.4) is 0 Å². The average Bonchev–Trinajstić information content (AvgIpc) is 2.54. The molecule has 1 amide bonds. The lowest BCUT2D eigenvalue weighted by molar-refractivity contribution is 0.0428. The van der Waals surface area contributed by atoms with Gasteiger partial charge >= 0.3 is 6.09 Å². The number of carbonyl (C=O) groups excluding carboxylic acids is 1. The molecule has 2 N–H and O–H groups in total. The Hall–Kier alpha value is -1.67. The van der Waals surface area contributed by atoms with Crippen LogP contribution in [0.1, 0.15) is 72.9 Å². The van der Waals surface area contributed by atoms with Crippen LogP contribution >= 0.6 is 0 Å². The van der Waals surface area contributed by atoms with Crippen molar-refractivity contribution in [3.8, 4) is 5.75 Å². The predicted octanol–water partition coefficient (Wildman–Crippen LogP) is 4.62. The lowest BCUT2D eigenvalue weighted by Gasteiger charge is -2.36. The zero-order valence-corrected chi connectivity index (χ0v) is 19.8. The van der Waals surface area contributed by atoms with E-state index in [0.717, 1.165) is 12.8 Å². The van der Waals surface area contributed by atoms with Gasteiger partial charge in [-0.3, -0.25) is 0 Å². The summed E-state index contributed by atoms with van der Waals surface area (Å²) in [5.41, 5.74) is 0.117. The van der Waals surface area contributed by atoms with E-state index < -0.39 is 27.4 Å². The van der Waals surface area contributed by atoms with E-state index in [4.69, 9.17) is 9.47 Å². The monoisotopic (exact) mass is 442 g/mol. The second kappa shape index (κ2) is 9.64. The van der Waals surface area contributed by atoms with Crippen LogP contribution in [0.5, 0.6) is 5.75 Å². The normalized spacial score (nSPS) is 21.3. The molecule has 1 fully saturated rings. The summed E-state index contributed by atoms with van der Waals surface area (Å²) in [5.74, 6) is 0.512. The number of nitrogens with one attached hydrogen (secondary N) is 2. The summed E-state index contributed by atoms with van der Waals surface area (Å²) in [6.07, 6.45) is 1.20. The van der Waals surface area contributed by atoms with Crippen LogP contribution in [-0.4, -0.2) is 33.3 Å². The SMILES string of the molecule is C[C@@H](NS(=O)C(C)(C)C)c1cc(F)ccc1OCC1CC(NC(=O)OC(C)(C)C)C1. The van der Waals surface area contributed by atoms with Gasteiger partial charge < -0.3 is 14.8 Å². The van der Waals surface area contributed by atoms with Crippen molar-refractivity contribution in [2.24, 2.45) is 5.92 Å². The number of benzene rings is 1. The molecule has 0 radical (unpaired) electrons. The number of carbonyl (C=O) groups is 1. The molecule has 170 valence electrons. The number of hydrogen-bond acceptors (Lipinski definition) is 4. The molecule has 0 saturated heterocycles. The molecule has 0 bridgehead atoms. The first kappa shape index (κ1) is 24.6. The van der Waals surface area contributed by atoms with Crippen LogP contribution in [0.4, 0.5) is 9.18 Å². The average molecular weight is 443 g/mol. The number of alkyl carbamates (subject to hydrolysis) is 1. The fourth-order valence-corrected chi connectivity index (χ4v) is 3.86. The van der Waals surface area contributed by atoms with Gasteiger partial charge in [0, 0.05) is 17.6 Å². The Morgan fingerprint density at radius 3 is 2.43 bits per heavy atom. The molecule has 0 aromatic heterocycles. The van der Waals surface area contributed by atoms with E-state index in [2.05, 4.69) is 10.0 Å². The lowest BCUT2D eigenvalue weighted by Crippen LogP contribution is -2.47. The van der Waals surface area contributed by atoms with Crippen LogP contribution in [0.15, 0.2) is 18.2 Å². The molecule has 1 saturated carbocycles. The zero-order valence-electron chi connectivity index (χ0n) is 19.0. The minimum atomic E-state index is -1.28. The van der Waals surface area contributed by atoms with Crippen molar-refractivity contribution < 1.29 is 22.9 Å². The third-order valence-corrected chi connectivity index (χ3v) is 6.39. The van der Waals surface area contributed by atoms with E-state index in [1.54, 1.807) is 6.07 Å². The fourth-order valence-electron chi connectivity index (χ4n) is 3.06. The van der Waals surface area contributed by atoms with E-state index in [1.165, 1.54) is 12.1 Å². The third kappa shape index (κ3) is 7.54. The molecule has 1 aromatic rings. The van der Waals surface area contributed by atoms with Crippen molar-refractivity contribution in [1.29, 1.82) is 0 Å². The van der Waals surface area contributed by atoms with Crippen molar-refractivity contribution in [3.05, 3.63) is 29.6 Å². The van der Waals surface area contributed by atoms with Gasteiger partial charge in [-0.1, -0.05) is 0 Å². The van der Waals surface area contributed by atoms with Gasteiger partial charge in [0.15, 0.2) is 0 Å². The number of ether oxygens (including phenoxy) is 2. The summed E-state index contributed by atoms with van der Waals surface area (Å²) in [5, 5.41) is 2.86. The Morgan fingerprint density at radius 1 is 1.23 bits per heavy atom. The van der Waals surface area contributed by atoms with E-state index in [0.29, 0.717) is 23.8 Å². The van der Waals surface area contributed by atoms with Gasteiger partial charge in [0.2, 0.25) is 0 Å². The van der Waals surface area contributed by atoms with Gasteiger partial charge in [-0.15, -0.1) is 0 Å². The molecule has 2 rings (SSSR count). The van der Waals surface area contributed by atoms with E-state index in [-0.39, 0.29) is 17.9 Å². The van der Waals surface area contributed by atoms with Crippen molar-refractivity contribution in [2.75, 3.05) is 6.61 Å². The largest absolute Gasteiger partial charge is 0.493 e. The number of amides is 1. The summed E-state index contributed by atoms with van der Waals surface area (Å²) >= 11 is 0. The fraction of sp³-hybridized carbons (Fsp3) is 0.682. The van der Waals surface area contributed by atoms with Gasteiger partial charge in [-0.25, -0.2) is 18.1 Å². The summed E-state index contributed by atoms with van der Waals surface area (Å²) in [6.45, 7) is 13.4. The highest BCUT2D eigenvalue weighted by molar-refractivity contribution is 7.84. The molecular weight excluding hydrogens is 407 g/mol. The Balaban J connectivity index is 1.88. The second-order valence-electron chi connectivity index (χ2n) is 9.89. The molecule has 1 aliphatic carbocycles. The third-order valence-electron chi connectivity index (χ3n) is 4.71. The van der Waals surface area contributed by atoms with Crippen LogP contribution in [0.25, 0.3) is 0 Å². The predicted molar refractivity (Wildman–Crippen MR) is 117 cm³/mol. The zero-order chi connectivity index (χ0) is 22.7. The van der Waals surface area contributed by atoms with Crippen LogP contribution < -0.4 is 14.8 Å². The molecule has 2 atom stereocenters. The van der Waals surface area contributed by atoms with Crippen LogP contribution in [0, 0.1) is 11.7 Å². The summed E-state index contributed by atoms with van der Waals surface area (Å²) in [7, 11) is -1.28. The van der Waals surface area contributed by atoms with Gasteiger partial charge in [-0.05, 0) is 85.4 Å². The van der Waals surface area contributed by atoms with Crippen molar-refractivity contribution in [1.82, 2.24) is 10.0 Å². The highest BCUT2D eigenvalue weighted by Gasteiger charge is 2.32. The molecule has 6 nitrogen and oxygen atoms in total. The number of rotatable bonds is 7. The van der Waals surface area contributed by atoms with Gasteiger partial charge in [0.25, 0.3) is 0 Å². The second-order valence-corrected chi connectivity index (χ2v) is 11.9. The standard InChI is InChI=1S/C22H35FN2O4S/c1-14(25-30(27)22(5,6)7)18-12-16(23)8-9-19(18)28-13-15-10-17(11-15)24-20(26)29-21(2,3)4/h8-9,12,14-15,17,25H,10-11,13H2,1-7H3,(H,24,26)/t14-,15?,17?,30?/m1/s1. The number of halogens is 1. The molecule has 30 heavy (non-hydrogen) atoms. The molecule has 0 heterocycles. The van der Waals surface area contributed by atoms with Crippen molar-refractivity contribution >= 4 is 17.1 Å². The Labute approximate surface area is 181 Å². The molecular formula is C22H35FN2O4S. The van der Waals surface area contributed by atoms with Gasteiger partial charge in [-0.2, -0.15) is 0 Å². The molecule has 1 unspecified atom stereocenters. The maximum absolute atomic E-state index is 13.8. The van der Waals surface area contributed by atoms with E-state index in [1.807, 2.05) is 48.5 Å². The lowest BCUT2D eigenvalue weighted by atomic mass is 9.81. The van der Waals surface area contributed by atoms with E-state index >= 15 is 0 Å². The number of hydrogen-bond donors (Lipinski definition) is 2. The van der Waals surface area contributed by atoms with E-state index in [9.17, 15) is 13.4 Å².